The average Bonchev–Trinajstić information content (AvgIpc) is 2.51. The zero-order chi connectivity index (χ0) is 17.5. The number of carbonyl (C=O) groups is 1. The van der Waals surface area contributed by atoms with Gasteiger partial charge in [-0.15, -0.1) is 0 Å². The van der Waals surface area contributed by atoms with Crippen molar-refractivity contribution in [2.24, 2.45) is 23.2 Å². The molecule has 0 aromatic carbocycles. The first-order valence-corrected chi connectivity index (χ1v) is 10.2. The Kier molecular flexibility index (Phi) is 4.84. The van der Waals surface area contributed by atoms with Crippen molar-refractivity contribution in [1.82, 2.24) is 0 Å². The maximum atomic E-state index is 12.4. The van der Waals surface area contributed by atoms with Crippen molar-refractivity contribution in [3.8, 4) is 0 Å². The number of hydrogen-bond donors (Lipinski definition) is 1. The monoisotopic (exact) mass is 352 g/mol. The SMILES string of the molecule is C[N+]1(C[C@H](O)COC(=O)CC23CC4CC(CC(C4)C2)C3)CCOCC1. The largest absolute Gasteiger partial charge is 0.463 e. The van der Waals surface area contributed by atoms with Crippen LogP contribution in [-0.4, -0.2) is 68.2 Å². The summed E-state index contributed by atoms with van der Waals surface area (Å²) in [6, 6.07) is 0. The van der Waals surface area contributed by atoms with E-state index in [1.807, 2.05) is 0 Å². The van der Waals surface area contributed by atoms with Gasteiger partial charge in [0.1, 0.15) is 32.3 Å². The van der Waals surface area contributed by atoms with E-state index in [0.29, 0.717) is 13.0 Å². The molecule has 4 aliphatic carbocycles. The van der Waals surface area contributed by atoms with Gasteiger partial charge in [-0.1, -0.05) is 0 Å². The molecule has 1 N–H and O–H groups in total. The predicted octanol–water partition coefficient (Wildman–Crippen LogP) is 1.97. The molecule has 25 heavy (non-hydrogen) atoms. The number of ether oxygens (including phenoxy) is 2. The second-order valence-corrected chi connectivity index (χ2v) is 9.79. The lowest BCUT2D eigenvalue weighted by Crippen LogP contribution is -2.55. The molecule has 1 aliphatic heterocycles. The van der Waals surface area contributed by atoms with E-state index in [2.05, 4.69) is 7.05 Å². The van der Waals surface area contributed by atoms with Gasteiger partial charge in [0, 0.05) is 0 Å². The lowest BCUT2D eigenvalue weighted by atomic mass is 9.49. The Labute approximate surface area is 151 Å². The van der Waals surface area contributed by atoms with Crippen molar-refractivity contribution in [2.75, 3.05) is 46.5 Å². The van der Waals surface area contributed by atoms with Crippen LogP contribution in [0.3, 0.4) is 0 Å². The molecular formula is C20H34NO4+. The molecule has 0 aromatic heterocycles. The average molecular weight is 352 g/mol. The van der Waals surface area contributed by atoms with Crippen LogP contribution in [0.4, 0.5) is 0 Å². The van der Waals surface area contributed by atoms with E-state index in [1.54, 1.807) is 0 Å². The van der Waals surface area contributed by atoms with Crippen molar-refractivity contribution >= 4 is 5.97 Å². The number of carbonyl (C=O) groups excluding carboxylic acids is 1. The molecule has 1 atom stereocenters. The highest BCUT2D eigenvalue weighted by atomic mass is 16.5. The minimum Gasteiger partial charge on any atom is -0.463 e. The molecule has 5 rings (SSSR count). The molecule has 0 amide bonds. The second kappa shape index (κ2) is 6.82. The highest BCUT2D eigenvalue weighted by molar-refractivity contribution is 5.70. The molecule has 0 spiro atoms. The van der Waals surface area contributed by atoms with Gasteiger partial charge in [-0.05, 0) is 61.7 Å². The summed E-state index contributed by atoms with van der Waals surface area (Å²) in [6.07, 6.45) is 7.86. The number of likely N-dealkylation sites (N-methyl/N-ethyl adjacent to an activating group) is 1. The van der Waals surface area contributed by atoms with Crippen LogP contribution >= 0.6 is 0 Å². The Bertz CT molecular complexity index is 465. The normalized spacial score (nSPS) is 40.0. The first-order chi connectivity index (χ1) is 11.9. The molecule has 0 aromatic rings. The zero-order valence-corrected chi connectivity index (χ0v) is 15.6. The molecule has 5 aliphatic rings. The third-order valence-corrected chi connectivity index (χ3v) is 7.32. The van der Waals surface area contributed by atoms with Crippen molar-refractivity contribution in [2.45, 2.75) is 51.0 Å². The zero-order valence-electron chi connectivity index (χ0n) is 15.6. The maximum absolute atomic E-state index is 12.4. The van der Waals surface area contributed by atoms with E-state index in [0.717, 1.165) is 48.5 Å². The van der Waals surface area contributed by atoms with Crippen LogP contribution in [0.1, 0.15) is 44.9 Å². The summed E-state index contributed by atoms with van der Waals surface area (Å²) in [5, 5.41) is 10.3. The summed E-state index contributed by atoms with van der Waals surface area (Å²) in [7, 11) is 2.14. The van der Waals surface area contributed by atoms with E-state index in [1.165, 1.54) is 38.5 Å². The summed E-state index contributed by atoms with van der Waals surface area (Å²) in [5.41, 5.74) is 0.222. The van der Waals surface area contributed by atoms with E-state index >= 15 is 0 Å². The lowest BCUT2D eigenvalue weighted by molar-refractivity contribution is -0.919. The number of nitrogens with zero attached hydrogens (tertiary/aromatic N) is 1. The van der Waals surface area contributed by atoms with Gasteiger partial charge >= 0.3 is 5.97 Å². The summed E-state index contributed by atoms with van der Waals surface area (Å²) >= 11 is 0. The molecule has 5 nitrogen and oxygen atoms in total. The molecule has 1 heterocycles. The lowest BCUT2D eigenvalue weighted by Gasteiger charge is -2.56. The third kappa shape index (κ3) is 4.04. The minimum atomic E-state index is -0.580. The molecule has 4 bridgehead atoms. The van der Waals surface area contributed by atoms with Gasteiger partial charge in [-0.25, -0.2) is 0 Å². The topological polar surface area (TPSA) is 55.8 Å². The number of aliphatic hydroxyl groups excluding tert-OH is 1. The quantitative estimate of drug-likeness (QED) is 0.587. The van der Waals surface area contributed by atoms with E-state index in [4.69, 9.17) is 9.47 Å². The first kappa shape index (κ1) is 17.7. The van der Waals surface area contributed by atoms with Crippen molar-refractivity contribution in [3.63, 3.8) is 0 Å². The second-order valence-electron chi connectivity index (χ2n) is 9.79. The molecule has 5 heteroatoms. The molecule has 1 saturated heterocycles. The number of rotatable bonds is 6. The maximum Gasteiger partial charge on any atom is 0.306 e. The van der Waals surface area contributed by atoms with Crippen molar-refractivity contribution < 1.29 is 23.9 Å². The fourth-order valence-electron chi connectivity index (χ4n) is 6.58. The van der Waals surface area contributed by atoms with Crippen LogP contribution in [0.5, 0.6) is 0 Å². The van der Waals surface area contributed by atoms with Gasteiger partial charge in [0.25, 0.3) is 0 Å². The summed E-state index contributed by atoms with van der Waals surface area (Å²) in [4.78, 5) is 12.4. The van der Waals surface area contributed by atoms with Gasteiger partial charge in [0.05, 0.1) is 26.7 Å². The van der Waals surface area contributed by atoms with Gasteiger partial charge < -0.3 is 19.1 Å². The van der Waals surface area contributed by atoms with Crippen LogP contribution in [0.2, 0.25) is 0 Å². The standard InChI is InChI=1S/C20H34NO4/c1-21(2-4-24-5-3-21)13-18(22)14-25-19(23)12-20-9-15-6-16(10-20)8-17(7-15)11-20/h15-18,22H,2-14H2,1H3/q+1/t15?,16?,17?,18-,20?/m0/s1. The van der Waals surface area contributed by atoms with E-state index in [9.17, 15) is 9.90 Å². The fourth-order valence-corrected chi connectivity index (χ4v) is 6.58. The van der Waals surface area contributed by atoms with Crippen molar-refractivity contribution in [3.05, 3.63) is 0 Å². The number of morpholine rings is 1. The van der Waals surface area contributed by atoms with Gasteiger partial charge in [-0.3, -0.25) is 4.79 Å². The fraction of sp³-hybridized carbons (Fsp3) is 0.950. The van der Waals surface area contributed by atoms with Gasteiger partial charge in [-0.2, -0.15) is 0 Å². The molecule has 0 unspecified atom stereocenters. The Hall–Kier alpha value is -0.650. The Balaban J connectivity index is 1.24. The van der Waals surface area contributed by atoms with Crippen molar-refractivity contribution in [1.29, 1.82) is 0 Å². The molecule has 5 fully saturated rings. The highest BCUT2D eigenvalue weighted by Gasteiger charge is 2.51. The van der Waals surface area contributed by atoms with Gasteiger partial charge in [0.2, 0.25) is 0 Å². The Morgan fingerprint density at radius 1 is 1.16 bits per heavy atom. The Morgan fingerprint density at radius 2 is 1.72 bits per heavy atom. The van der Waals surface area contributed by atoms with Crippen LogP contribution in [0, 0.1) is 23.2 Å². The van der Waals surface area contributed by atoms with E-state index in [-0.39, 0.29) is 18.0 Å². The van der Waals surface area contributed by atoms with Crippen LogP contribution < -0.4 is 0 Å². The molecule has 0 radical (unpaired) electrons. The van der Waals surface area contributed by atoms with Crippen LogP contribution in [-0.2, 0) is 14.3 Å². The summed E-state index contributed by atoms with van der Waals surface area (Å²) < 4.78 is 11.7. The number of quaternary nitrogens is 1. The summed E-state index contributed by atoms with van der Waals surface area (Å²) in [6.45, 7) is 4.09. The first-order valence-electron chi connectivity index (χ1n) is 10.2. The highest BCUT2D eigenvalue weighted by Crippen LogP contribution is 2.61. The van der Waals surface area contributed by atoms with E-state index < -0.39 is 6.10 Å². The smallest absolute Gasteiger partial charge is 0.306 e. The molecular weight excluding hydrogens is 318 g/mol. The summed E-state index contributed by atoms with van der Waals surface area (Å²) in [5.74, 6) is 2.48. The molecule has 4 saturated carbocycles. The van der Waals surface area contributed by atoms with Gasteiger partial charge in [0.15, 0.2) is 0 Å². The number of hydrogen-bond acceptors (Lipinski definition) is 4. The van der Waals surface area contributed by atoms with Crippen LogP contribution in [0.25, 0.3) is 0 Å². The number of esters is 1. The third-order valence-electron chi connectivity index (χ3n) is 7.32. The van der Waals surface area contributed by atoms with Crippen LogP contribution in [0.15, 0.2) is 0 Å². The minimum absolute atomic E-state index is 0.0920. The number of aliphatic hydroxyl groups is 1. The predicted molar refractivity (Wildman–Crippen MR) is 93.8 cm³/mol. The molecule has 142 valence electrons. The Morgan fingerprint density at radius 3 is 2.28 bits per heavy atom.